The van der Waals surface area contributed by atoms with Gasteiger partial charge in [-0.1, -0.05) is 44.0 Å². The molecule has 1 heterocycles. The van der Waals surface area contributed by atoms with Crippen LogP contribution in [0.2, 0.25) is 0 Å². The first-order valence-corrected chi connectivity index (χ1v) is 8.70. The third kappa shape index (κ3) is 2.50. The second-order valence-electron chi connectivity index (χ2n) is 5.56. The standard InChI is InChI=1S/C15H13Br2NO4/c16-11-5-9-10(6-12(11)17)14(20)18(13(9)19)8-3-1-7(2-4-8)15(21)22/h1-4,9-12H,5-6H2,(H,21,22)/p-1/t9-,10-,11-,12+/m0/s1. The van der Waals surface area contributed by atoms with Crippen molar-refractivity contribution in [2.75, 3.05) is 4.90 Å². The third-order valence-corrected chi connectivity index (χ3v) is 7.01. The van der Waals surface area contributed by atoms with Crippen molar-refractivity contribution in [3.63, 3.8) is 0 Å². The van der Waals surface area contributed by atoms with Crippen LogP contribution >= 0.6 is 31.9 Å². The van der Waals surface area contributed by atoms with Crippen LogP contribution in [-0.2, 0) is 9.59 Å². The first-order valence-electron chi connectivity index (χ1n) is 6.87. The number of aromatic carboxylic acids is 1. The van der Waals surface area contributed by atoms with E-state index >= 15 is 0 Å². The Morgan fingerprint density at radius 3 is 1.86 bits per heavy atom. The molecular weight excluding hydrogens is 418 g/mol. The molecular formula is C15H12Br2NO4-. The number of carbonyl (C=O) groups excluding carboxylic acids is 3. The second-order valence-corrected chi connectivity index (χ2v) is 7.91. The largest absolute Gasteiger partial charge is 0.545 e. The van der Waals surface area contributed by atoms with Gasteiger partial charge in [0.15, 0.2) is 0 Å². The maximum absolute atomic E-state index is 12.6. The van der Waals surface area contributed by atoms with E-state index in [1.807, 2.05) is 0 Å². The molecule has 116 valence electrons. The number of rotatable bonds is 2. The van der Waals surface area contributed by atoms with Gasteiger partial charge < -0.3 is 9.90 Å². The number of carboxylic acids is 1. The lowest BCUT2D eigenvalue weighted by Gasteiger charge is -2.29. The Morgan fingerprint density at radius 2 is 1.45 bits per heavy atom. The maximum Gasteiger partial charge on any atom is 0.237 e. The third-order valence-electron chi connectivity index (χ3n) is 4.27. The quantitative estimate of drug-likeness (QED) is 0.527. The molecule has 0 bridgehead atoms. The van der Waals surface area contributed by atoms with Crippen molar-refractivity contribution in [2.45, 2.75) is 22.5 Å². The van der Waals surface area contributed by atoms with Gasteiger partial charge in [0.2, 0.25) is 11.8 Å². The molecule has 0 spiro atoms. The Labute approximate surface area is 143 Å². The van der Waals surface area contributed by atoms with E-state index in [4.69, 9.17) is 0 Å². The summed E-state index contributed by atoms with van der Waals surface area (Å²) < 4.78 is 0. The zero-order valence-corrected chi connectivity index (χ0v) is 14.5. The van der Waals surface area contributed by atoms with Gasteiger partial charge in [-0.05, 0) is 30.5 Å². The minimum absolute atomic E-state index is 0.0151. The van der Waals surface area contributed by atoms with Gasteiger partial charge in [-0.3, -0.25) is 14.5 Å². The summed E-state index contributed by atoms with van der Waals surface area (Å²) in [6, 6.07) is 5.62. The molecule has 1 aromatic carbocycles. The molecule has 2 fully saturated rings. The van der Waals surface area contributed by atoms with Crippen LogP contribution in [0.25, 0.3) is 0 Å². The van der Waals surface area contributed by atoms with Gasteiger partial charge in [-0.15, -0.1) is 0 Å². The molecule has 4 atom stereocenters. The average Bonchev–Trinajstić information content (AvgIpc) is 2.72. The Bertz CT molecular complexity index is 617. The highest BCUT2D eigenvalue weighted by molar-refractivity contribution is 9.12. The fraction of sp³-hybridized carbons (Fsp3) is 0.400. The monoisotopic (exact) mass is 428 g/mol. The zero-order valence-electron chi connectivity index (χ0n) is 11.4. The van der Waals surface area contributed by atoms with Crippen molar-refractivity contribution >= 4 is 55.3 Å². The number of alkyl halides is 2. The molecule has 1 saturated heterocycles. The van der Waals surface area contributed by atoms with Gasteiger partial charge in [0.25, 0.3) is 0 Å². The van der Waals surface area contributed by atoms with Gasteiger partial charge in [-0.25, -0.2) is 0 Å². The number of halogens is 2. The number of imide groups is 1. The number of carboxylic acid groups (broad SMARTS) is 1. The number of hydrogen-bond donors (Lipinski definition) is 0. The van der Waals surface area contributed by atoms with E-state index in [2.05, 4.69) is 31.9 Å². The summed E-state index contributed by atoms with van der Waals surface area (Å²) in [5, 5.41) is 10.8. The number of anilines is 1. The Hall–Kier alpha value is -1.21. The van der Waals surface area contributed by atoms with E-state index in [-0.39, 0.29) is 38.9 Å². The lowest BCUT2D eigenvalue weighted by molar-refractivity contribution is -0.255. The minimum atomic E-state index is -1.29. The average molecular weight is 430 g/mol. The normalized spacial score (nSPS) is 31.3. The van der Waals surface area contributed by atoms with Crippen LogP contribution in [0, 0.1) is 11.8 Å². The number of carbonyl (C=O) groups is 3. The molecule has 0 N–H and O–H groups in total. The van der Waals surface area contributed by atoms with Crippen molar-refractivity contribution in [1.29, 1.82) is 0 Å². The number of amides is 2. The predicted octanol–water partition coefficient (Wildman–Crippen LogP) is 1.48. The van der Waals surface area contributed by atoms with Crippen LogP contribution < -0.4 is 10.0 Å². The molecule has 1 aliphatic carbocycles. The lowest BCUT2D eigenvalue weighted by atomic mass is 9.81. The van der Waals surface area contributed by atoms with Crippen molar-refractivity contribution in [3.05, 3.63) is 29.8 Å². The molecule has 7 heteroatoms. The van der Waals surface area contributed by atoms with Crippen LogP contribution in [0.1, 0.15) is 23.2 Å². The summed E-state index contributed by atoms with van der Waals surface area (Å²) in [6.45, 7) is 0. The van der Waals surface area contributed by atoms with Crippen molar-refractivity contribution in [2.24, 2.45) is 11.8 Å². The van der Waals surface area contributed by atoms with E-state index in [0.29, 0.717) is 18.5 Å². The van der Waals surface area contributed by atoms with E-state index in [1.165, 1.54) is 29.2 Å². The molecule has 0 unspecified atom stereocenters. The van der Waals surface area contributed by atoms with Crippen LogP contribution in [0.5, 0.6) is 0 Å². The molecule has 22 heavy (non-hydrogen) atoms. The topological polar surface area (TPSA) is 77.5 Å². The highest BCUT2D eigenvalue weighted by Crippen LogP contribution is 2.44. The molecule has 0 aromatic heterocycles. The van der Waals surface area contributed by atoms with Crippen LogP contribution in [0.3, 0.4) is 0 Å². The highest BCUT2D eigenvalue weighted by Gasteiger charge is 2.52. The smallest absolute Gasteiger partial charge is 0.237 e. The summed E-state index contributed by atoms with van der Waals surface area (Å²) in [7, 11) is 0. The number of nitrogens with zero attached hydrogens (tertiary/aromatic N) is 1. The Morgan fingerprint density at radius 1 is 1.00 bits per heavy atom. The van der Waals surface area contributed by atoms with Gasteiger partial charge in [0.05, 0.1) is 23.5 Å². The Kier molecular flexibility index (Phi) is 4.11. The summed E-state index contributed by atoms with van der Waals surface area (Å²) in [4.78, 5) is 37.4. The number of fused-ring (bicyclic) bond motifs is 1. The van der Waals surface area contributed by atoms with E-state index in [9.17, 15) is 19.5 Å². The summed E-state index contributed by atoms with van der Waals surface area (Å²) in [5.74, 6) is -2.33. The summed E-state index contributed by atoms with van der Waals surface area (Å²) in [6.07, 6.45) is 1.22. The fourth-order valence-corrected chi connectivity index (χ4v) is 4.33. The Balaban J connectivity index is 1.90. The zero-order chi connectivity index (χ0) is 16.0. The van der Waals surface area contributed by atoms with E-state index < -0.39 is 5.97 Å². The first kappa shape index (κ1) is 15.7. The van der Waals surface area contributed by atoms with Gasteiger partial charge in [0, 0.05) is 9.65 Å². The maximum atomic E-state index is 12.6. The SMILES string of the molecule is O=C([O-])c1ccc(N2C(=O)[C@H]3C[C@@H](Br)[C@@H](Br)C[C@@H]3C2=O)cc1. The molecule has 2 amide bonds. The number of hydrogen-bond acceptors (Lipinski definition) is 4. The molecule has 2 aliphatic rings. The van der Waals surface area contributed by atoms with Crippen molar-refractivity contribution < 1.29 is 19.5 Å². The fourth-order valence-electron chi connectivity index (χ4n) is 3.10. The minimum Gasteiger partial charge on any atom is -0.545 e. The predicted molar refractivity (Wildman–Crippen MR) is 84.9 cm³/mol. The molecule has 1 aromatic rings. The molecule has 0 radical (unpaired) electrons. The van der Waals surface area contributed by atoms with Crippen molar-refractivity contribution in [3.8, 4) is 0 Å². The highest BCUT2D eigenvalue weighted by atomic mass is 79.9. The van der Waals surface area contributed by atoms with Crippen LogP contribution in [0.15, 0.2) is 24.3 Å². The summed E-state index contributed by atoms with van der Waals surface area (Å²) in [5.41, 5.74) is 0.424. The van der Waals surface area contributed by atoms with Crippen LogP contribution in [0.4, 0.5) is 5.69 Å². The molecule has 5 nitrogen and oxygen atoms in total. The molecule has 1 aliphatic heterocycles. The van der Waals surface area contributed by atoms with E-state index in [1.54, 1.807) is 0 Å². The lowest BCUT2D eigenvalue weighted by Crippen LogP contribution is -2.34. The summed E-state index contributed by atoms with van der Waals surface area (Å²) >= 11 is 7.08. The van der Waals surface area contributed by atoms with Gasteiger partial charge >= 0.3 is 0 Å². The molecule has 3 rings (SSSR count). The van der Waals surface area contributed by atoms with E-state index in [0.717, 1.165) is 0 Å². The number of benzene rings is 1. The van der Waals surface area contributed by atoms with Gasteiger partial charge in [0.1, 0.15) is 0 Å². The first-order chi connectivity index (χ1) is 10.4. The van der Waals surface area contributed by atoms with Crippen LogP contribution in [-0.4, -0.2) is 27.4 Å². The molecule has 1 saturated carbocycles. The van der Waals surface area contributed by atoms with Crippen molar-refractivity contribution in [1.82, 2.24) is 0 Å². The van der Waals surface area contributed by atoms with Gasteiger partial charge in [-0.2, -0.15) is 0 Å². The second kappa shape index (κ2) is 5.77.